The molecular formula is C18H13ClO. The summed E-state index contributed by atoms with van der Waals surface area (Å²) < 4.78 is 0. The van der Waals surface area contributed by atoms with Crippen LogP contribution in [0.4, 0.5) is 0 Å². The lowest BCUT2D eigenvalue weighted by Gasteiger charge is -2.07. The maximum absolute atomic E-state index is 12.7. The summed E-state index contributed by atoms with van der Waals surface area (Å²) in [6.45, 7) is 1.93. The zero-order chi connectivity index (χ0) is 14.1. The maximum atomic E-state index is 12.7. The highest BCUT2D eigenvalue weighted by molar-refractivity contribution is 6.32. The van der Waals surface area contributed by atoms with Gasteiger partial charge in [0.05, 0.1) is 0 Å². The van der Waals surface area contributed by atoms with E-state index in [4.69, 9.17) is 11.6 Å². The standard InChI is InChI=1S/C18H13ClO/c1-12-9-10-14(11-17(12)19)18(20)16-8-4-6-13-5-2-3-7-15(13)16/h2-11H,1H3. The first-order valence-electron chi connectivity index (χ1n) is 6.45. The summed E-state index contributed by atoms with van der Waals surface area (Å²) in [6, 6.07) is 19.1. The summed E-state index contributed by atoms with van der Waals surface area (Å²) in [5.41, 5.74) is 2.31. The Hall–Kier alpha value is -2.12. The van der Waals surface area contributed by atoms with Crippen LogP contribution in [0.1, 0.15) is 21.5 Å². The molecule has 3 aromatic carbocycles. The number of carbonyl (C=O) groups is 1. The van der Waals surface area contributed by atoms with Crippen LogP contribution < -0.4 is 0 Å². The molecule has 0 saturated carbocycles. The summed E-state index contributed by atoms with van der Waals surface area (Å²) in [7, 11) is 0. The molecule has 0 aliphatic rings. The van der Waals surface area contributed by atoms with Crippen LogP contribution >= 0.6 is 11.6 Å². The second-order valence-corrected chi connectivity index (χ2v) is 5.23. The van der Waals surface area contributed by atoms with Gasteiger partial charge < -0.3 is 0 Å². The molecule has 98 valence electrons. The molecule has 0 aromatic heterocycles. The Labute approximate surface area is 122 Å². The third kappa shape index (κ3) is 2.21. The topological polar surface area (TPSA) is 17.1 Å². The van der Waals surface area contributed by atoms with Gasteiger partial charge in [-0.15, -0.1) is 0 Å². The number of benzene rings is 3. The van der Waals surface area contributed by atoms with Crippen LogP contribution in [-0.4, -0.2) is 5.78 Å². The number of fused-ring (bicyclic) bond motifs is 1. The van der Waals surface area contributed by atoms with E-state index < -0.39 is 0 Å². The largest absolute Gasteiger partial charge is 0.289 e. The third-order valence-electron chi connectivity index (χ3n) is 3.47. The first kappa shape index (κ1) is 12.9. The molecule has 0 saturated heterocycles. The minimum atomic E-state index is 0.00343. The van der Waals surface area contributed by atoms with Crippen molar-refractivity contribution in [3.05, 3.63) is 82.4 Å². The molecule has 0 fully saturated rings. The minimum Gasteiger partial charge on any atom is -0.289 e. The van der Waals surface area contributed by atoms with Gasteiger partial charge in [-0.3, -0.25) is 4.79 Å². The molecular weight excluding hydrogens is 268 g/mol. The molecule has 3 aromatic rings. The van der Waals surface area contributed by atoms with Gasteiger partial charge in [-0.1, -0.05) is 66.2 Å². The molecule has 0 bridgehead atoms. The second-order valence-electron chi connectivity index (χ2n) is 4.82. The average Bonchev–Trinajstić information content (AvgIpc) is 2.49. The molecule has 2 heteroatoms. The Balaban J connectivity index is 2.15. The molecule has 3 rings (SSSR count). The van der Waals surface area contributed by atoms with Crippen molar-refractivity contribution in [3.8, 4) is 0 Å². The van der Waals surface area contributed by atoms with Crippen molar-refractivity contribution in [1.29, 1.82) is 0 Å². The van der Waals surface area contributed by atoms with E-state index in [1.165, 1.54) is 0 Å². The van der Waals surface area contributed by atoms with Crippen LogP contribution in [0.2, 0.25) is 5.02 Å². The number of carbonyl (C=O) groups excluding carboxylic acids is 1. The molecule has 0 amide bonds. The van der Waals surface area contributed by atoms with Crippen LogP contribution in [0, 0.1) is 6.92 Å². The van der Waals surface area contributed by atoms with Crippen LogP contribution in [0.5, 0.6) is 0 Å². The first-order valence-corrected chi connectivity index (χ1v) is 6.83. The summed E-state index contributed by atoms with van der Waals surface area (Å²) >= 11 is 6.11. The van der Waals surface area contributed by atoms with Crippen molar-refractivity contribution in [2.45, 2.75) is 6.92 Å². The van der Waals surface area contributed by atoms with Gasteiger partial charge in [0.1, 0.15) is 0 Å². The van der Waals surface area contributed by atoms with E-state index in [0.717, 1.165) is 16.3 Å². The van der Waals surface area contributed by atoms with E-state index in [-0.39, 0.29) is 5.78 Å². The van der Waals surface area contributed by atoms with Crippen molar-refractivity contribution in [3.63, 3.8) is 0 Å². The lowest BCUT2D eigenvalue weighted by atomic mass is 9.97. The Morgan fingerprint density at radius 3 is 2.50 bits per heavy atom. The number of hydrogen-bond acceptors (Lipinski definition) is 1. The smallest absolute Gasteiger partial charge is 0.193 e. The number of ketones is 1. The molecule has 0 spiro atoms. The summed E-state index contributed by atoms with van der Waals surface area (Å²) in [5, 5.41) is 2.66. The van der Waals surface area contributed by atoms with Crippen molar-refractivity contribution >= 4 is 28.2 Å². The van der Waals surface area contributed by atoms with E-state index in [2.05, 4.69) is 0 Å². The molecule has 0 N–H and O–H groups in total. The van der Waals surface area contributed by atoms with Gasteiger partial charge in [-0.25, -0.2) is 0 Å². The van der Waals surface area contributed by atoms with E-state index in [9.17, 15) is 4.79 Å². The number of aryl methyl sites for hydroxylation is 1. The third-order valence-corrected chi connectivity index (χ3v) is 3.88. The predicted octanol–water partition coefficient (Wildman–Crippen LogP) is 5.03. The van der Waals surface area contributed by atoms with Gasteiger partial charge >= 0.3 is 0 Å². The average molecular weight is 281 g/mol. The Morgan fingerprint density at radius 2 is 1.70 bits per heavy atom. The number of rotatable bonds is 2. The molecule has 0 aliphatic carbocycles. The van der Waals surface area contributed by atoms with E-state index in [1.807, 2.05) is 61.5 Å². The molecule has 20 heavy (non-hydrogen) atoms. The van der Waals surface area contributed by atoms with E-state index >= 15 is 0 Å². The Morgan fingerprint density at radius 1 is 0.950 bits per heavy atom. The van der Waals surface area contributed by atoms with Gasteiger partial charge in [0.25, 0.3) is 0 Å². The fraction of sp³-hybridized carbons (Fsp3) is 0.0556. The summed E-state index contributed by atoms with van der Waals surface area (Å²) in [6.07, 6.45) is 0. The quantitative estimate of drug-likeness (QED) is 0.602. The first-order chi connectivity index (χ1) is 9.66. The van der Waals surface area contributed by atoms with Gasteiger partial charge in [-0.2, -0.15) is 0 Å². The second kappa shape index (κ2) is 5.10. The lowest BCUT2D eigenvalue weighted by Crippen LogP contribution is -2.02. The fourth-order valence-electron chi connectivity index (χ4n) is 2.31. The zero-order valence-corrected chi connectivity index (χ0v) is 11.8. The number of halogens is 1. The van der Waals surface area contributed by atoms with Gasteiger partial charge in [-0.05, 0) is 29.3 Å². The molecule has 0 heterocycles. The molecule has 0 unspecified atom stereocenters. The van der Waals surface area contributed by atoms with Crippen molar-refractivity contribution in [2.24, 2.45) is 0 Å². The monoisotopic (exact) mass is 280 g/mol. The maximum Gasteiger partial charge on any atom is 0.193 e. The van der Waals surface area contributed by atoms with Crippen LogP contribution in [0.3, 0.4) is 0 Å². The molecule has 1 nitrogen and oxygen atoms in total. The predicted molar refractivity (Wildman–Crippen MR) is 83.6 cm³/mol. The zero-order valence-electron chi connectivity index (χ0n) is 11.1. The highest BCUT2D eigenvalue weighted by atomic mass is 35.5. The number of hydrogen-bond donors (Lipinski definition) is 0. The van der Waals surface area contributed by atoms with E-state index in [0.29, 0.717) is 16.1 Å². The summed E-state index contributed by atoms with van der Waals surface area (Å²) in [5.74, 6) is 0.00343. The highest BCUT2D eigenvalue weighted by Crippen LogP contribution is 2.23. The normalized spacial score (nSPS) is 10.7. The van der Waals surface area contributed by atoms with E-state index in [1.54, 1.807) is 6.07 Å². The molecule has 0 atom stereocenters. The van der Waals surface area contributed by atoms with Crippen LogP contribution in [0.25, 0.3) is 10.8 Å². The minimum absolute atomic E-state index is 0.00343. The van der Waals surface area contributed by atoms with Gasteiger partial charge in [0.15, 0.2) is 5.78 Å². The van der Waals surface area contributed by atoms with Crippen LogP contribution in [-0.2, 0) is 0 Å². The van der Waals surface area contributed by atoms with Crippen LogP contribution in [0.15, 0.2) is 60.7 Å². The Bertz CT molecular complexity index is 800. The lowest BCUT2D eigenvalue weighted by molar-refractivity contribution is 0.104. The van der Waals surface area contributed by atoms with Crippen molar-refractivity contribution in [2.75, 3.05) is 0 Å². The van der Waals surface area contributed by atoms with Crippen molar-refractivity contribution < 1.29 is 4.79 Å². The van der Waals surface area contributed by atoms with Gasteiger partial charge in [0, 0.05) is 16.1 Å². The van der Waals surface area contributed by atoms with Crippen molar-refractivity contribution in [1.82, 2.24) is 0 Å². The summed E-state index contributed by atoms with van der Waals surface area (Å²) in [4.78, 5) is 12.7. The highest BCUT2D eigenvalue weighted by Gasteiger charge is 2.13. The SMILES string of the molecule is Cc1ccc(C(=O)c2cccc3ccccc23)cc1Cl. The molecule has 0 radical (unpaired) electrons. The molecule has 0 aliphatic heterocycles. The Kier molecular flexibility index (Phi) is 3.29. The fourth-order valence-corrected chi connectivity index (χ4v) is 2.49. The van der Waals surface area contributed by atoms with Gasteiger partial charge in [0.2, 0.25) is 0 Å².